The molecular formula is C23H28N8O2. The van der Waals surface area contributed by atoms with Gasteiger partial charge in [0, 0.05) is 68.5 Å². The van der Waals surface area contributed by atoms with Crippen LogP contribution in [0.15, 0.2) is 62.1 Å². The number of nitrogens with zero attached hydrogens (tertiary/aromatic N) is 5. The molecule has 3 aromatic rings. The summed E-state index contributed by atoms with van der Waals surface area (Å²) in [5, 5.41) is 6.64. The maximum Gasteiger partial charge on any atom is 0.419 e. The fourth-order valence-corrected chi connectivity index (χ4v) is 4.05. The Balaban J connectivity index is 1.34. The lowest BCUT2D eigenvalue weighted by atomic mass is 10.1. The molecule has 4 N–H and O–H groups in total. The van der Waals surface area contributed by atoms with Crippen molar-refractivity contribution in [3.05, 3.63) is 64.0 Å². The molecule has 10 nitrogen and oxygen atoms in total. The SMILES string of the molecule is CC1=C(Nc2ccc3c(c2)oc(=O)n3C)NC(N)(c2ccc(N3CCN(C)CC3)nc2)N=C1. The molecule has 2 aromatic heterocycles. The number of fused-ring (bicyclic) bond motifs is 1. The monoisotopic (exact) mass is 448 g/mol. The van der Waals surface area contributed by atoms with Crippen molar-refractivity contribution in [2.24, 2.45) is 17.8 Å². The van der Waals surface area contributed by atoms with E-state index in [4.69, 9.17) is 10.2 Å². The Labute approximate surface area is 191 Å². The van der Waals surface area contributed by atoms with Crippen molar-refractivity contribution in [1.29, 1.82) is 0 Å². The van der Waals surface area contributed by atoms with Crippen LogP contribution in [0.4, 0.5) is 11.5 Å². The van der Waals surface area contributed by atoms with Crippen LogP contribution < -0.4 is 27.0 Å². The first-order valence-electron chi connectivity index (χ1n) is 10.9. The van der Waals surface area contributed by atoms with Crippen molar-refractivity contribution < 1.29 is 4.42 Å². The van der Waals surface area contributed by atoms with Gasteiger partial charge in [0.25, 0.3) is 0 Å². The normalized spacial score (nSPS) is 21.5. The number of oxazole rings is 1. The molecule has 10 heteroatoms. The maximum atomic E-state index is 11.8. The van der Waals surface area contributed by atoms with Crippen LogP contribution in [0, 0.1) is 0 Å². The molecule has 1 atom stereocenters. The van der Waals surface area contributed by atoms with E-state index in [1.807, 2.05) is 31.2 Å². The Kier molecular flexibility index (Phi) is 5.18. The molecule has 0 saturated carbocycles. The van der Waals surface area contributed by atoms with Crippen LogP contribution in [-0.4, -0.2) is 53.9 Å². The maximum absolute atomic E-state index is 11.8. The first kappa shape index (κ1) is 21.2. The van der Waals surface area contributed by atoms with E-state index in [0.29, 0.717) is 11.4 Å². The summed E-state index contributed by atoms with van der Waals surface area (Å²) in [4.78, 5) is 25.6. The van der Waals surface area contributed by atoms with E-state index in [2.05, 4.69) is 37.5 Å². The minimum Gasteiger partial charge on any atom is -0.408 e. The third-order valence-electron chi connectivity index (χ3n) is 6.25. The number of nitrogens with two attached hydrogens (primary N) is 1. The lowest BCUT2D eigenvalue weighted by Gasteiger charge is -2.35. The summed E-state index contributed by atoms with van der Waals surface area (Å²) < 4.78 is 6.77. The molecule has 2 aliphatic rings. The summed E-state index contributed by atoms with van der Waals surface area (Å²) in [6, 6.07) is 9.47. The highest BCUT2D eigenvalue weighted by molar-refractivity contribution is 5.83. The summed E-state index contributed by atoms with van der Waals surface area (Å²) in [6.45, 7) is 5.89. The van der Waals surface area contributed by atoms with Gasteiger partial charge in [-0.15, -0.1) is 0 Å². The molecular weight excluding hydrogens is 420 g/mol. The van der Waals surface area contributed by atoms with Crippen molar-refractivity contribution in [2.45, 2.75) is 12.7 Å². The fourth-order valence-electron chi connectivity index (χ4n) is 4.05. The topological polar surface area (TPSA) is 117 Å². The van der Waals surface area contributed by atoms with Gasteiger partial charge >= 0.3 is 5.76 Å². The standard InChI is InChI=1S/C23H28N8O2/c1-15-13-26-23(24,16-4-7-20(25-14-16)31-10-8-29(2)9-11-31)28-21(15)27-17-5-6-18-19(12-17)33-22(32)30(18)3/h4-7,12-14,27-28H,8-11,24H2,1-3H3. The third-order valence-corrected chi connectivity index (χ3v) is 6.25. The predicted molar refractivity (Wildman–Crippen MR) is 129 cm³/mol. The van der Waals surface area contributed by atoms with Gasteiger partial charge in [-0.1, -0.05) is 0 Å². The van der Waals surface area contributed by atoms with Crippen molar-refractivity contribution in [3.63, 3.8) is 0 Å². The second-order valence-corrected chi connectivity index (χ2v) is 8.64. The average molecular weight is 449 g/mol. The molecule has 1 aromatic carbocycles. The summed E-state index contributed by atoms with van der Waals surface area (Å²) in [5.74, 6) is 0.110. The van der Waals surface area contributed by atoms with E-state index in [-0.39, 0.29) is 0 Å². The third kappa shape index (κ3) is 3.98. The summed E-state index contributed by atoms with van der Waals surface area (Å²) in [5.41, 5.74) is 10.3. The first-order chi connectivity index (χ1) is 15.8. The van der Waals surface area contributed by atoms with E-state index < -0.39 is 11.5 Å². The molecule has 1 unspecified atom stereocenters. The zero-order chi connectivity index (χ0) is 23.2. The molecule has 0 amide bonds. The van der Waals surface area contributed by atoms with Crippen molar-refractivity contribution in [2.75, 3.05) is 43.4 Å². The number of aliphatic imine (C=N–C) groups is 1. The van der Waals surface area contributed by atoms with Crippen molar-refractivity contribution in [1.82, 2.24) is 19.8 Å². The molecule has 0 bridgehead atoms. The number of pyridine rings is 1. The minimum atomic E-state index is -1.15. The van der Waals surface area contributed by atoms with E-state index in [0.717, 1.165) is 54.3 Å². The predicted octanol–water partition coefficient (Wildman–Crippen LogP) is 1.36. The lowest BCUT2D eigenvalue weighted by Crippen LogP contribution is -2.52. The number of aryl methyl sites for hydroxylation is 1. The van der Waals surface area contributed by atoms with Gasteiger partial charge in [-0.2, -0.15) is 0 Å². The molecule has 0 spiro atoms. The van der Waals surface area contributed by atoms with E-state index >= 15 is 0 Å². The van der Waals surface area contributed by atoms with Gasteiger partial charge < -0.3 is 24.9 Å². The molecule has 5 rings (SSSR count). The smallest absolute Gasteiger partial charge is 0.408 e. The Hall–Kier alpha value is -3.63. The summed E-state index contributed by atoms with van der Waals surface area (Å²) in [7, 11) is 3.81. The zero-order valence-electron chi connectivity index (χ0n) is 19.0. The van der Waals surface area contributed by atoms with Crippen molar-refractivity contribution >= 4 is 28.8 Å². The second kappa shape index (κ2) is 8.05. The lowest BCUT2D eigenvalue weighted by molar-refractivity contribution is 0.312. The second-order valence-electron chi connectivity index (χ2n) is 8.64. The van der Waals surface area contributed by atoms with Gasteiger partial charge in [0.1, 0.15) is 11.6 Å². The van der Waals surface area contributed by atoms with E-state index in [1.54, 1.807) is 25.5 Å². The van der Waals surface area contributed by atoms with Crippen LogP contribution in [0.3, 0.4) is 0 Å². The van der Waals surface area contributed by atoms with Gasteiger partial charge in [-0.05, 0) is 38.2 Å². The number of hydrogen-bond donors (Lipinski definition) is 3. The number of rotatable bonds is 4. The Morgan fingerprint density at radius 2 is 1.94 bits per heavy atom. The number of benzene rings is 1. The molecule has 1 fully saturated rings. The molecule has 2 aliphatic heterocycles. The van der Waals surface area contributed by atoms with Crippen LogP contribution in [0.2, 0.25) is 0 Å². The van der Waals surface area contributed by atoms with Crippen LogP contribution in [0.25, 0.3) is 11.1 Å². The van der Waals surface area contributed by atoms with Gasteiger partial charge in [0.05, 0.1) is 5.52 Å². The molecule has 0 aliphatic carbocycles. The molecule has 0 radical (unpaired) electrons. The van der Waals surface area contributed by atoms with Gasteiger partial charge in [-0.25, -0.2) is 14.8 Å². The number of nitrogens with one attached hydrogen (secondary N) is 2. The highest BCUT2D eigenvalue weighted by atomic mass is 16.4. The van der Waals surface area contributed by atoms with Crippen LogP contribution in [0.1, 0.15) is 12.5 Å². The van der Waals surface area contributed by atoms with Crippen molar-refractivity contribution in [3.8, 4) is 0 Å². The largest absolute Gasteiger partial charge is 0.419 e. The molecule has 33 heavy (non-hydrogen) atoms. The Morgan fingerprint density at radius 1 is 1.15 bits per heavy atom. The van der Waals surface area contributed by atoms with Crippen LogP contribution in [-0.2, 0) is 12.8 Å². The number of aromatic nitrogens is 2. The van der Waals surface area contributed by atoms with Crippen LogP contribution >= 0.6 is 0 Å². The number of anilines is 2. The summed E-state index contributed by atoms with van der Waals surface area (Å²) in [6.07, 6.45) is 3.52. The molecule has 1 saturated heterocycles. The number of likely N-dealkylation sites (N-methyl/N-ethyl adjacent to an activating group) is 1. The Bertz CT molecular complexity index is 1300. The highest BCUT2D eigenvalue weighted by Gasteiger charge is 2.31. The number of piperazine rings is 1. The summed E-state index contributed by atoms with van der Waals surface area (Å²) >= 11 is 0. The van der Waals surface area contributed by atoms with Crippen LogP contribution in [0.5, 0.6) is 0 Å². The van der Waals surface area contributed by atoms with Gasteiger partial charge in [0.2, 0.25) is 5.79 Å². The fraction of sp³-hybridized carbons (Fsp3) is 0.348. The quantitative estimate of drug-likeness (QED) is 0.548. The minimum absolute atomic E-state index is 0.394. The zero-order valence-corrected chi connectivity index (χ0v) is 19.0. The average Bonchev–Trinajstić information content (AvgIpc) is 3.10. The molecule has 4 heterocycles. The molecule has 172 valence electrons. The number of hydrogen-bond acceptors (Lipinski definition) is 9. The Morgan fingerprint density at radius 3 is 2.67 bits per heavy atom. The van der Waals surface area contributed by atoms with Gasteiger partial charge in [-0.3, -0.25) is 10.3 Å². The number of allylic oxidation sites excluding steroid dienone is 1. The van der Waals surface area contributed by atoms with E-state index in [1.165, 1.54) is 4.57 Å². The highest BCUT2D eigenvalue weighted by Crippen LogP contribution is 2.26. The first-order valence-corrected chi connectivity index (χ1v) is 10.9. The van der Waals surface area contributed by atoms with E-state index in [9.17, 15) is 4.79 Å². The van der Waals surface area contributed by atoms with Gasteiger partial charge in [0.15, 0.2) is 5.58 Å².